The highest BCUT2D eigenvalue weighted by molar-refractivity contribution is 9.11. The molecule has 2 heterocycles. The molecule has 3 nitrogen and oxygen atoms in total. The lowest BCUT2D eigenvalue weighted by Crippen LogP contribution is -2.37. The van der Waals surface area contributed by atoms with Crippen LogP contribution in [0.5, 0.6) is 0 Å². The van der Waals surface area contributed by atoms with Gasteiger partial charge in [-0.15, -0.1) is 0 Å². The molecular formula is C11H14Br2N2O. The maximum atomic E-state index is 5.36. The summed E-state index contributed by atoms with van der Waals surface area (Å²) in [5, 5.41) is 0. The molecule has 1 fully saturated rings. The van der Waals surface area contributed by atoms with Crippen molar-refractivity contribution in [1.82, 2.24) is 4.98 Å². The zero-order valence-corrected chi connectivity index (χ0v) is 12.3. The molecular weight excluding hydrogens is 336 g/mol. The van der Waals surface area contributed by atoms with Gasteiger partial charge in [-0.2, -0.15) is 0 Å². The number of piperidine rings is 1. The van der Waals surface area contributed by atoms with Gasteiger partial charge >= 0.3 is 0 Å². The molecule has 0 aliphatic carbocycles. The van der Waals surface area contributed by atoms with Crippen LogP contribution in [0.2, 0.25) is 0 Å². The van der Waals surface area contributed by atoms with E-state index in [2.05, 4.69) is 41.7 Å². The fraction of sp³-hybridized carbons (Fsp3) is 0.545. The minimum absolute atomic E-state index is 0.408. The molecule has 2 rings (SSSR count). The van der Waals surface area contributed by atoms with E-state index in [9.17, 15) is 0 Å². The maximum absolute atomic E-state index is 5.36. The van der Waals surface area contributed by atoms with E-state index in [0.717, 1.165) is 40.7 Å². The fourth-order valence-electron chi connectivity index (χ4n) is 1.94. The first-order valence-electron chi connectivity index (χ1n) is 5.29. The fourth-order valence-corrected chi connectivity index (χ4v) is 3.18. The zero-order chi connectivity index (χ0) is 11.5. The van der Waals surface area contributed by atoms with Crippen molar-refractivity contribution in [3.8, 4) is 0 Å². The summed E-state index contributed by atoms with van der Waals surface area (Å²) in [4.78, 5) is 6.74. The summed E-state index contributed by atoms with van der Waals surface area (Å²) >= 11 is 6.96. The van der Waals surface area contributed by atoms with E-state index in [4.69, 9.17) is 4.74 Å². The van der Waals surface area contributed by atoms with Gasteiger partial charge in [0.25, 0.3) is 0 Å². The van der Waals surface area contributed by atoms with Gasteiger partial charge < -0.3 is 9.64 Å². The number of halogens is 2. The Kier molecular flexibility index (Phi) is 4.21. The zero-order valence-electron chi connectivity index (χ0n) is 9.12. The van der Waals surface area contributed by atoms with Crippen molar-refractivity contribution in [2.75, 3.05) is 25.1 Å². The molecule has 0 saturated carbocycles. The van der Waals surface area contributed by atoms with E-state index in [1.54, 1.807) is 7.11 Å². The number of rotatable bonds is 2. The van der Waals surface area contributed by atoms with Crippen LogP contribution in [-0.2, 0) is 4.74 Å². The van der Waals surface area contributed by atoms with E-state index >= 15 is 0 Å². The van der Waals surface area contributed by atoms with Crippen molar-refractivity contribution in [1.29, 1.82) is 0 Å². The van der Waals surface area contributed by atoms with Gasteiger partial charge in [-0.1, -0.05) is 0 Å². The van der Waals surface area contributed by atoms with E-state index in [1.807, 2.05) is 12.3 Å². The second-order valence-corrected chi connectivity index (χ2v) is 5.65. The summed E-state index contributed by atoms with van der Waals surface area (Å²) in [5.74, 6) is 1.03. The summed E-state index contributed by atoms with van der Waals surface area (Å²) in [6, 6.07) is 2.03. The molecule has 1 aromatic heterocycles. The summed E-state index contributed by atoms with van der Waals surface area (Å²) in [7, 11) is 1.79. The Hall–Kier alpha value is -0.130. The first-order chi connectivity index (χ1) is 7.70. The van der Waals surface area contributed by atoms with Crippen LogP contribution in [0.3, 0.4) is 0 Å². The molecule has 1 aromatic rings. The number of pyridine rings is 1. The van der Waals surface area contributed by atoms with Crippen LogP contribution < -0.4 is 4.90 Å². The second kappa shape index (κ2) is 5.47. The smallest absolute Gasteiger partial charge is 0.142 e. The van der Waals surface area contributed by atoms with Crippen LogP contribution in [0.4, 0.5) is 5.82 Å². The van der Waals surface area contributed by atoms with Crippen LogP contribution in [-0.4, -0.2) is 31.3 Å². The van der Waals surface area contributed by atoms with Gasteiger partial charge in [0.05, 0.1) is 10.6 Å². The Morgan fingerprint density at radius 1 is 1.38 bits per heavy atom. The SMILES string of the molecule is COC1CCN(c2ncc(Br)cc2Br)CC1. The quantitative estimate of drug-likeness (QED) is 0.819. The third-order valence-corrected chi connectivity index (χ3v) is 3.88. The number of hydrogen-bond acceptors (Lipinski definition) is 3. The van der Waals surface area contributed by atoms with E-state index < -0.39 is 0 Å². The molecule has 0 radical (unpaired) electrons. The summed E-state index contributed by atoms with van der Waals surface area (Å²) in [5.41, 5.74) is 0. The predicted octanol–water partition coefficient (Wildman–Crippen LogP) is 3.22. The summed E-state index contributed by atoms with van der Waals surface area (Å²) in [6.45, 7) is 2.01. The third kappa shape index (κ3) is 2.76. The average molecular weight is 350 g/mol. The highest BCUT2D eigenvalue weighted by Crippen LogP contribution is 2.28. The monoisotopic (exact) mass is 348 g/mol. The molecule has 0 spiro atoms. The van der Waals surface area contributed by atoms with Crippen molar-refractivity contribution < 1.29 is 4.74 Å². The minimum Gasteiger partial charge on any atom is -0.381 e. The van der Waals surface area contributed by atoms with Gasteiger partial charge in [0, 0.05) is 30.9 Å². The van der Waals surface area contributed by atoms with E-state index in [1.165, 1.54) is 0 Å². The molecule has 0 bridgehead atoms. The van der Waals surface area contributed by atoms with Gasteiger partial charge in [-0.3, -0.25) is 0 Å². The number of ether oxygens (including phenoxy) is 1. The molecule has 88 valence electrons. The van der Waals surface area contributed by atoms with Gasteiger partial charge in [0.15, 0.2) is 0 Å². The van der Waals surface area contributed by atoms with Crippen LogP contribution in [0.25, 0.3) is 0 Å². The summed E-state index contributed by atoms with van der Waals surface area (Å²) < 4.78 is 7.39. The first-order valence-corrected chi connectivity index (χ1v) is 6.88. The van der Waals surface area contributed by atoms with Gasteiger partial charge in [-0.05, 0) is 50.8 Å². The van der Waals surface area contributed by atoms with Crippen LogP contribution >= 0.6 is 31.9 Å². The number of anilines is 1. The average Bonchev–Trinajstić information content (AvgIpc) is 2.29. The van der Waals surface area contributed by atoms with Crippen LogP contribution in [0.15, 0.2) is 21.2 Å². The number of aromatic nitrogens is 1. The second-order valence-electron chi connectivity index (χ2n) is 3.88. The molecule has 0 N–H and O–H groups in total. The highest BCUT2D eigenvalue weighted by Gasteiger charge is 2.21. The molecule has 16 heavy (non-hydrogen) atoms. The normalized spacial score (nSPS) is 17.8. The van der Waals surface area contributed by atoms with Gasteiger partial charge in [0.1, 0.15) is 5.82 Å². The lowest BCUT2D eigenvalue weighted by Gasteiger charge is -2.32. The molecule has 1 aliphatic rings. The van der Waals surface area contributed by atoms with E-state index in [0.29, 0.717) is 6.10 Å². The number of nitrogens with zero attached hydrogens (tertiary/aromatic N) is 2. The minimum atomic E-state index is 0.408. The van der Waals surface area contributed by atoms with E-state index in [-0.39, 0.29) is 0 Å². The molecule has 1 saturated heterocycles. The Balaban J connectivity index is 2.08. The Labute approximate surface area is 112 Å². The van der Waals surface area contributed by atoms with Crippen molar-refractivity contribution in [3.05, 3.63) is 21.2 Å². The van der Waals surface area contributed by atoms with Crippen LogP contribution in [0.1, 0.15) is 12.8 Å². The molecule has 0 aromatic carbocycles. The number of hydrogen-bond donors (Lipinski definition) is 0. The Morgan fingerprint density at radius 3 is 2.62 bits per heavy atom. The van der Waals surface area contributed by atoms with Gasteiger partial charge in [0.2, 0.25) is 0 Å². The maximum Gasteiger partial charge on any atom is 0.142 e. The lowest BCUT2D eigenvalue weighted by atomic mass is 10.1. The standard InChI is InChI=1S/C11H14Br2N2O/c1-16-9-2-4-15(5-3-9)11-10(13)6-8(12)7-14-11/h6-7,9H,2-5H2,1H3. The topological polar surface area (TPSA) is 25.4 Å². The van der Waals surface area contributed by atoms with Gasteiger partial charge in [-0.25, -0.2) is 4.98 Å². The van der Waals surface area contributed by atoms with Crippen molar-refractivity contribution >= 4 is 37.7 Å². The molecule has 0 unspecified atom stereocenters. The lowest BCUT2D eigenvalue weighted by molar-refractivity contribution is 0.0818. The Bertz CT molecular complexity index is 365. The molecule has 1 aliphatic heterocycles. The van der Waals surface area contributed by atoms with Crippen LogP contribution in [0, 0.1) is 0 Å². The first kappa shape index (κ1) is 12.3. The Morgan fingerprint density at radius 2 is 2.06 bits per heavy atom. The third-order valence-electron chi connectivity index (χ3n) is 2.86. The predicted molar refractivity (Wildman–Crippen MR) is 71.9 cm³/mol. The largest absolute Gasteiger partial charge is 0.381 e. The van der Waals surface area contributed by atoms with Crippen molar-refractivity contribution in [3.63, 3.8) is 0 Å². The molecule has 0 atom stereocenters. The molecule has 0 amide bonds. The number of methoxy groups -OCH3 is 1. The van der Waals surface area contributed by atoms with Crippen molar-refractivity contribution in [2.45, 2.75) is 18.9 Å². The highest BCUT2D eigenvalue weighted by atomic mass is 79.9. The molecule has 5 heteroatoms. The van der Waals surface area contributed by atoms with Crippen molar-refractivity contribution in [2.24, 2.45) is 0 Å². The summed E-state index contributed by atoms with van der Waals surface area (Å²) in [6.07, 6.45) is 4.38.